The first-order chi connectivity index (χ1) is 15.0. The van der Waals surface area contributed by atoms with Crippen molar-refractivity contribution in [2.75, 3.05) is 45.8 Å². The van der Waals surface area contributed by atoms with Gasteiger partial charge in [-0.05, 0) is 30.7 Å². The van der Waals surface area contributed by atoms with Gasteiger partial charge in [-0.15, -0.1) is 11.8 Å². The fourth-order valence-corrected chi connectivity index (χ4v) is 4.68. The van der Waals surface area contributed by atoms with Crippen molar-refractivity contribution in [1.82, 2.24) is 10.2 Å². The lowest BCUT2D eigenvalue weighted by atomic mass is 10.1. The molecule has 1 aliphatic rings. The number of benzene rings is 2. The summed E-state index contributed by atoms with van der Waals surface area (Å²) in [5.74, 6) is 1.19. The van der Waals surface area contributed by atoms with Gasteiger partial charge in [0.15, 0.2) is 0 Å². The molecule has 2 aromatic rings. The number of thioether (sulfide) groups is 1. The quantitative estimate of drug-likeness (QED) is 0.496. The van der Waals surface area contributed by atoms with Crippen molar-refractivity contribution in [3.05, 3.63) is 47.5 Å². The van der Waals surface area contributed by atoms with E-state index >= 15 is 0 Å². The number of urea groups is 1. The van der Waals surface area contributed by atoms with Gasteiger partial charge in [0.05, 0.1) is 20.8 Å². The summed E-state index contributed by atoms with van der Waals surface area (Å²) < 4.78 is 10.4. The van der Waals surface area contributed by atoms with Crippen LogP contribution in [0.15, 0.2) is 47.4 Å². The number of hydrogen-bond donors (Lipinski definition) is 3. The molecule has 9 heteroatoms. The van der Waals surface area contributed by atoms with Gasteiger partial charge in [-0.3, -0.25) is 4.90 Å². The van der Waals surface area contributed by atoms with Crippen molar-refractivity contribution >= 4 is 35.1 Å². The Morgan fingerprint density at radius 3 is 2.42 bits per heavy atom. The summed E-state index contributed by atoms with van der Waals surface area (Å²) in [6.07, 6.45) is 0.670. The number of halogens is 1. The third-order valence-corrected chi connectivity index (χ3v) is 6.52. The molecule has 0 unspecified atom stereocenters. The monoisotopic (exact) mass is 465 g/mol. The Morgan fingerprint density at radius 1 is 1.19 bits per heavy atom. The number of rotatable bonds is 10. The summed E-state index contributed by atoms with van der Waals surface area (Å²) in [5.41, 5.74) is 0.581. The van der Waals surface area contributed by atoms with E-state index in [1.807, 2.05) is 36.0 Å². The molecule has 0 bridgehead atoms. The molecule has 1 heterocycles. The Bertz CT molecular complexity index is 840. The highest BCUT2D eigenvalue weighted by Crippen LogP contribution is 2.32. The third kappa shape index (κ3) is 6.93. The van der Waals surface area contributed by atoms with E-state index in [2.05, 4.69) is 15.5 Å². The second kappa shape index (κ2) is 11.5. The van der Waals surface area contributed by atoms with Crippen molar-refractivity contribution in [1.29, 1.82) is 0 Å². The maximum atomic E-state index is 12.2. The number of aliphatic hydroxyl groups excluding tert-OH is 1. The van der Waals surface area contributed by atoms with Gasteiger partial charge < -0.3 is 25.2 Å². The Kier molecular flexibility index (Phi) is 8.71. The summed E-state index contributed by atoms with van der Waals surface area (Å²) in [6.45, 7) is 2.35. The molecule has 7 nitrogen and oxygen atoms in total. The van der Waals surface area contributed by atoms with Gasteiger partial charge in [0.1, 0.15) is 11.5 Å². The summed E-state index contributed by atoms with van der Waals surface area (Å²) >= 11 is 7.76. The zero-order valence-electron chi connectivity index (χ0n) is 17.6. The Morgan fingerprint density at radius 2 is 1.84 bits per heavy atom. The van der Waals surface area contributed by atoms with Gasteiger partial charge in [-0.25, -0.2) is 4.79 Å². The van der Waals surface area contributed by atoms with E-state index in [0.717, 1.165) is 18.1 Å². The van der Waals surface area contributed by atoms with Crippen LogP contribution in [0.1, 0.15) is 6.42 Å². The van der Waals surface area contributed by atoms with Crippen LogP contribution in [0.3, 0.4) is 0 Å². The predicted molar refractivity (Wildman–Crippen MR) is 125 cm³/mol. The SMILES string of the molecule is COc1cc(NC(=O)NCC[C@@H](CO)N2CC(Sc3ccc(Cl)cc3)C2)cc(OC)c1. The van der Waals surface area contributed by atoms with E-state index in [4.69, 9.17) is 21.1 Å². The van der Waals surface area contributed by atoms with Gasteiger partial charge in [0, 0.05) is 64.7 Å². The third-order valence-electron chi connectivity index (χ3n) is 5.09. The first kappa shape index (κ1) is 23.5. The predicted octanol–water partition coefficient (Wildman–Crippen LogP) is 3.71. The average Bonchev–Trinajstić information content (AvgIpc) is 2.75. The number of amides is 2. The second-order valence-electron chi connectivity index (χ2n) is 7.25. The van der Waals surface area contributed by atoms with Crippen molar-refractivity contribution in [3.8, 4) is 11.5 Å². The van der Waals surface area contributed by atoms with E-state index in [-0.39, 0.29) is 18.7 Å². The van der Waals surface area contributed by atoms with Gasteiger partial charge in [-0.1, -0.05) is 11.6 Å². The number of aliphatic hydroxyl groups is 1. The number of anilines is 1. The molecular formula is C22H28ClN3O4S. The number of likely N-dealkylation sites (tertiary alicyclic amines) is 1. The van der Waals surface area contributed by atoms with E-state index in [9.17, 15) is 9.90 Å². The first-order valence-electron chi connectivity index (χ1n) is 10.1. The largest absolute Gasteiger partial charge is 0.497 e. The number of nitrogens with one attached hydrogen (secondary N) is 2. The number of carbonyl (C=O) groups excluding carboxylic acids is 1. The standard InChI is InChI=1S/C22H28ClN3O4S/c1-29-18-9-16(10-19(11-18)30-2)25-22(28)24-8-7-17(14-27)26-12-21(13-26)31-20-5-3-15(23)4-6-20/h3-6,9-11,17,21,27H,7-8,12-14H2,1-2H3,(H2,24,25,28)/t17-/m0/s1. The molecule has 1 aliphatic heterocycles. The van der Waals surface area contributed by atoms with Crippen molar-refractivity contribution in [2.45, 2.75) is 22.6 Å². The highest BCUT2D eigenvalue weighted by atomic mass is 35.5. The van der Waals surface area contributed by atoms with Crippen molar-refractivity contribution in [3.63, 3.8) is 0 Å². The molecule has 31 heavy (non-hydrogen) atoms. The van der Waals surface area contributed by atoms with Crippen LogP contribution >= 0.6 is 23.4 Å². The molecule has 0 radical (unpaired) electrons. The zero-order chi connectivity index (χ0) is 22.2. The van der Waals surface area contributed by atoms with Crippen LogP contribution in [0.4, 0.5) is 10.5 Å². The Hall–Kier alpha value is -2.13. The number of hydrogen-bond acceptors (Lipinski definition) is 6. The Balaban J connectivity index is 1.39. The molecule has 2 aromatic carbocycles. The molecule has 0 spiro atoms. The number of methoxy groups -OCH3 is 2. The summed E-state index contributed by atoms with van der Waals surface area (Å²) in [5, 5.41) is 16.6. The van der Waals surface area contributed by atoms with Crippen LogP contribution < -0.4 is 20.1 Å². The molecule has 0 saturated carbocycles. The van der Waals surface area contributed by atoms with Crippen LogP contribution in [0.2, 0.25) is 5.02 Å². The maximum absolute atomic E-state index is 12.2. The lowest BCUT2D eigenvalue weighted by Crippen LogP contribution is -2.55. The summed E-state index contributed by atoms with van der Waals surface area (Å²) in [7, 11) is 3.12. The van der Waals surface area contributed by atoms with Crippen LogP contribution in [0, 0.1) is 0 Å². The normalized spacial score (nSPS) is 15.1. The average molecular weight is 466 g/mol. The van der Waals surface area contributed by atoms with E-state index in [0.29, 0.717) is 35.4 Å². The molecular weight excluding hydrogens is 438 g/mol. The van der Waals surface area contributed by atoms with Crippen LogP contribution in [-0.2, 0) is 0 Å². The van der Waals surface area contributed by atoms with E-state index in [1.165, 1.54) is 4.90 Å². The lowest BCUT2D eigenvalue weighted by molar-refractivity contribution is 0.0720. The summed E-state index contributed by atoms with van der Waals surface area (Å²) in [4.78, 5) is 15.7. The van der Waals surface area contributed by atoms with Gasteiger partial charge in [0.25, 0.3) is 0 Å². The minimum Gasteiger partial charge on any atom is -0.497 e. The number of nitrogens with zero attached hydrogens (tertiary/aromatic N) is 1. The fourth-order valence-electron chi connectivity index (χ4n) is 3.34. The minimum atomic E-state index is -0.313. The molecule has 1 fully saturated rings. The highest BCUT2D eigenvalue weighted by molar-refractivity contribution is 8.00. The van der Waals surface area contributed by atoms with E-state index < -0.39 is 0 Å². The second-order valence-corrected chi connectivity index (χ2v) is 9.07. The molecule has 1 atom stereocenters. The Labute approximate surface area is 192 Å². The topological polar surface area (TPSA) is 83.1 Å². The molecule has 1 saturated heterocycles. The number of ether oxygens (including phenoxy) is 2. The van der Waals surface area contributed by atoms with Gasteiger partial charge in [0.2, 0.25) is 0 Å². The maximum Gasteiger partial charge on any atom is 0.319 e. The fraction of sp³-hybridized carbons (Fsp3) is 0.409. The molecule has 168 valence electrons. The lowest BCUT2D eigenvalue weighted by Gasteiger charge is -2.43. The van der Waals surface area contributed by atoms with Crippen molar-refractivity contribution in [2.24, 2.45) is 0 Å². The smallest absolute Gasteiger partial charge is 0.319 e. The van der Waals surface area contributed by atoms with Crippen LogP contribution in [0.25, 0.3) is 0 Å². The van der Waals surface area contributed by atoms with Crippen molar-refractivity contribution < 1.29 is 19.4 Å². The van der Waals surface area contributed by atoms with Gasteiger partial charge in [-0.2, -0.15) is 0 Å². The minimum absolute atomic E-state index is 0.0271. The first-order valence-corrected chi connectivity index (χ1v) is 11.3. The van der Waals surface area contributed by atoms with Crippen LogP contribution in [0.5, 0.6) is 11.5 Å². The summed E-state index contributed by atoms with van der Waals surface area (Å²) in [6, 6.07) is 12.7. The molecule has 0 aliphatic carbocycles. The molecule has 2 amide bonds. The van der Waals surface area contributed by atoms with Gasteiger partial charge >= 0.3 is 6.03 Å². The number of carbonyl (C=O) groups is 1. The van der Waals surface area contributed by atoms with Crippen LogP contribution in [-0.4, -0.2) is 67.8 Å². The molecule has 3 N–H and O–H groups in total. The zero-order valence-corrected chi connectivity index (χ0v) is 19.2. The molecule has 3 rings (SSSR count). The molecule has 0 aromatic heterocycles. The van der Waals surface area contributed by atoms with E-state index in [1.54, 1.807) is 32.4 Å². The highest BCUT2D eigenvalue weighted by Gasteiger charge is 2.32.